The summed E-state index contributed by atoms with van der Waals surface area (Å²) in [5, 5.41) is 0. The van der Waals surface area contributed by atoms with E-state index in [-0.39, 0.29) is 0 Å². The molecule has 0 nitrogen and oxygen atoms in total. The van der Waals surface area contributed by atoms with E-state index >= 15 is 0 Å². The highest BCUT2D eigenvalue weighted by Crippen LogP contribution is 2.22. The summed E-state index contributed by atoms with van der Waals surface area (Å²) in [7, 11) is 0. The molecule has 0 unspecified atom stereocenters. The summed E-state index contributed by atoms with van der Waals surface area (Å²) in [5.41, 5.74) is 0. The predicted molar refractivity (Wildman–Crippen MR) is 62.8 cm³/mol. The lowest BCUT2D eigenvalue weighted by Crippen LogP contribution is -2.02. The number of rotatable bonds is 4. The summed E-state index contributed by atoms with van der Waals surface area (Å²) in [5.74, 6) is 7.51. The summed E-state index contributed by atoms with van der Waals surface area (Å²) >= 11 is 0. The second-order valence-corrected chi connectivity index (χ2v) is 4.32. The topological polar surface area (TPSA) is 0 Å². The molecule has 1 aliphatic carbocycles. The van der Waals surface area contributed by atoms with E-state index in [1.807, 2.05) is 0 Å². The first-order valence-corrected chi connectivity index (χ1v) is 6.21. The van der Waals surface area contributed by atoms with Crippen LogP contribution in [0.3, 0.4) is 0 Å². The van der Waals surface area contributed by atoms with Gasteiger partial charge in [0, 0.05) is 12.3 Å². The standard InChI is InChI=1S/C14H23/c1-2-3-4-5-6-8-11-14-12-9-7-10-13-14/h14H,1-7,9-10,12-13H2. The van der Waals surface area contributed by atoms with E-state index in [9.17, 15) is 0 Å². The molecule has 14 heavy (non-hydrogen) atoms. The Morgan fingerprint density at radius 1 is 1.00 bits per heavy atom. The summed E-state index contributed by atoms with van der Waals surface area (Å²) in [4.78, 5) is 0. The molecule has 0 spiro atoms. The Balaban J connectivity index is 2.00. The first-order valence-electron chi connectivity index (χ1n) is 6.21. The Bertz CT molecular complexity index is 176. The third kappa shape index (κ3) is 5.32. The van der Waals surface area contributed by atoms with Crippen LogP contribution in [0.25, 0.3) is 0 Å². The molecule has 0 aromatic carbocycles. The average Bonchev–Trinajstić information content (AvgIpc) is 2.25. The van der Waals surface area contributed by atoms with Gasteiger partial charge in [-0.15, -0.1) is 5.92 Å². The van der Waals surface area contributed by atoms with Crippen molar-refractivity contribution in [2.45, 2.75) is 64.2 Å². The van der Waals surface area contributed by atoms with Gasteiger partial charge in [-0.2, -0.15) is 0 Å². The zero-order chi connectivity index (χ0) is 10.1. The van der Waals surface area contributed by atoms with E-state index < -0.39 is 0 Å². The van der Waals surface area contributed by atoms with Crippen LogP contribution in [0.2, 0.25) is 0 Å². The highest BCUT2D eigenvalue weighted by Gasteiger charge is 2.09. The largest absolute Gasteiger partial charge is 0.103 e. The van der Waals surface area contributed by atoms with Crippen LogP contribution in [0.5, 0.6) is 0 Å². The van der Waals surface area contributed by atoms with Gasteiger partial charge in [0.15, 0.2) is 0 Å². The molecule has 0 heteroatoms. The Labute approximate surface area is 89.5 Å². The van der Waals surface area contributed by atoms with Gasteiger partial charge in [0.2, 0.25) is 0 Å². The van der Waals surface area contributed by atoms with Crippen LogP contribution in [0.4, 0.5) is 0 Å². The summed E-state index contributed by atoms with van der Waals surface area (Å²) in [6, 6.07) is 0. The molecular weight excluding hydrogens is 168 g/mol. The number of unbranched alkanes of at least 4 members (excludes halogenated alkanes) is 4. The van der Waals surface area contributed by atoms with E-state index in [4.69, 9.17) is 0 Å². The molecule has 0 aromatic rings. The van der Waals surface area contributed by atoms with Gasteiger partial charge in [-0.3, -0.25) is 0 Å². The minimum atomic E-state index is 0.733. The van der Waals surface area contributed by atoms with E-state index in [1.165, 1.54) is 51.4 Å². The molecule has 1 radical (unpaired) electrons. The van der Waals surface area contributed by atoms with Crippen LogP contribution in [-0.2, 0) is 0 Å². The lowest BCUT2D eigenvalue weighted by atomic mass is 9.90. The third-order valence-corrected chi connectivity index (χ3v) is 2.96. The van der Waals surface area contributed by atoms with Crippen molar-refractivity contribution in [2.24, 2.45) is 5.92 Å². The van der Waals surface area contributed by atoms with Gasteiger partial charge in [-0.05, 0) is 19.3 Å². The lowest BCUT2D eigenvalue weighted by Gasteiger charge is -2.15. The van der Waals surface area contributed by atoms with E-state index in [0.29, 0.717) is 0 Å². The molecule has 0 heterocycles. The molecule has 1 saturated carbocycles. The molecule has 0 saturated heterocycles. The number of hydrogen-bond acceptors (Lipinski definition) is 0. The Morgan fingerprint density at radius 2 is 1.79 bits per heavy atom. The van der Waals surface area contributed by atoms with Gasteiger partial charge in [0.25, 0.3) is 0 Å². The molecule has 79 valence electrons. The van der Waals surface area contributed by atoms with Gasteiger partial charge < -0.3 is 0 Å². The molecule has 1 fully saturated rings. The first kappa shape index (κ1) is 11.6. The smallest absolute Gasteiger partial charge is 0.0202 e. The van der Waals surface area contributed by atoms with Crippen LogP contribution < -0.4 is 0 Å². The second-order valence-electron chi connectivity index (χ2n) is 4.32. The maximum Gasteiger partial charge on any atom is 0.0202 e. The fraction of sp³-hybridized carbons (Fsp3) is 0.786. The minimum Gasteiger partial charge on any atom is -0.103 e. The maximum atomic E-state index is 3.84. The molecule has 1 rings (SSSR count). The third-order valence-electron chi connectivity index (χ3n) is 2.96. The van der Waals surface area contributed by atoms with Gasteiger partial charge in [0.1, 0.15) is 0 Å². The quantitative estimate of drug-likeness (QED) is 0.457. The van der Waals surface area contributed by atoms with Gasteiger partial charge in [0.05, 0.1) is 0 Å². The fourth-order valence-corrected chi connectivity index (χ4v) is 2.03. The molecular formula is C14H23. The van der Waals surface area contributed by atoms with E-state index in [2.05, 4.69) is 18.8 Å². The Hall–Kier alpha value is -0.440. The molecule has 1 aliphatic rings. The molecule has 0 atom stereocenters. The van der Waals surface area contributed by atoms with Crippen LogP contribution in [0, 0.1) is 24.7 Å². The average molecular weight is 191 g/mol. The van der Waals surface area contributed by atoms with Crippen LogP contribution in [-0.4, -0.2) is 0 Å². The highest BCUT2D eigenvalue weighted by molar-refractivity contribution is 5.04. The zero-order valence-corrected chi connectivity index (χ0v) is 9.36. The molecule has 0 aliphatic heterocycles. The molecule has 0 aromatic heterocycles. The maximum absolute atomic E-state index is 3.84. The molecule has 0 amide bonds. The molecule has 0 N–H and O–H groups in total. The Morgan fingerprint density at radius 3 is 2.50 bits per heavy atom. The van der Waals surface area contributed by atoms with Gasteiger partial charge >= 0.3 is 0 Å². The number of hydrogen-bond donors (Lipinski definition) is 0. The van der Waals surface area contributed by atoms with Gasteiger partial charge in [-0.25, -0.2) is 0 Å². The van der Waals surface area contributed by atoms with Crippen molar-refractivity contribution in [1.82, 2.24) is 0 Å². The minimum absolute atomic E-state index is 0.733. The van der Waals surface area contributed by atoms with E-state index in [0.717, 1.165) is 18.8 Å². The first-order chi connectivity index (χ1) is 6.93. The normalized spacial score (nSPS) is 17.5. The van der Waals surface area contributed by atoms with Gasteiger partial charge in [-0.1, -0.05) is 51.4 Å². The van der Waals surface area contributed by atoms with E-state index in [1.54, 1.807) is 0 Å². The van der Waals surface area contributed by atoms with Crippen molar-refractivity contribution in [1.29, 1.82) is 0 Å². The highest BCUT2D eigenvalue weighted by atomic mass is 14.1. The summed E-state index contributed by atoms with van der Waals surface area (Å²) < 4.78 is 0. The SMILES string of the molecule is [CH2]CCCCCC#CC1CCCCC1. The zero-order valence-electron chi connectivity index (χ0n) is 9.36. The van der Waals surface area contributed by atoms with Crippen molar-refractivity contribution >= 4 is 0 Å². The van der Waals surface area contributed by atoms with Crippen molar-refractivity contribution in [3.63, 3.8) is 0 Å². The van der Waals surface area contributed by atoms with Crippen LogP contribution >= 0.6 is 0 Å². The van der Waals surface area contributed by atoms with Crippen LogP contribution in [0.15, 0.2) is 0 Å². The fourth-order valence-electron chi connectivity index (χ4n) is 2.03. The monoisotopic (exact) mass is 191 g/mol. The lowest BCUT2D eigenvalue weighted by molar-refractivity contribution is 0.430. The van der Waals surface area contributed by atoms with Crippen LogP contribution in [0.1, 0.15) is 64.2 Å². The molecule has 0 bridgehead atoms. The predicted octanol–water partition coefficient (Wildman–Crippen LogP) is 4.35. The van der Waals surface area contributed by atoms with Crippen molar-refractivity contribution in [3.05, 3.63) is 6.92 Å². The van der Waals surface area contributed by atoms with Crippen molar-refractivity contribution in [3.8, 4) is 11.8 Å². The summed E-state index contributed by atoms with van der Waals surface area (Å²) in [6.45, 7) is 3.84. The van der Waals surface area contributed by atoms with Crippen molar-refractivity contribution < 1.29 is 0 Å². The summed E-state index contributed by atoms with van der Waals surface area (Å²) in [6.07, 6.45) is 13.0. The Kier molecular flexibility index (Phi) is 6.58. The second kappa shape index (κ2) is 7.92. The van der Waals surface area contributed by atoms with Crippen molar-refractivity contribution in [2.75, 3.05) is 0 Å².